The van der Waals surface area contributed by atoms with Gasteiger partial charge in [0, 0.05) is 32.5 Å². The molecule has 0 amide bonds. The number of rotatable bonds is 6. The zero-order valence-corrected chi connectivity index (χ0v) is 15.9. The van der Waals surface area contributed by atoms with E-state index in [1.165, 1.54) is 0 Å². The molecule has 0 unspecified atom stereocenters. The molecule has 0 saturated carbocycles. The Morgan fingerprint density at radius 2 is 2.08 bits per heavy atom. The third-order valence-electron chi connectivity index (χ3n) is 4.58. The maximum atomic E-state index is 13.1. The SMILES string of the molecule is CCc1nn(C)c(CC)c1S(=O)(=O)N[C@H]1CCO[C@@H]1c1cnn(C)c1. The number of nitrogens with zero attached hydrogens (tertiary/aromatic N) is 4. The van der Waals surface area contributed by atoms with Gasteiger partial charge in [-0.25, -0.2) is 13.1 Å². The minimum absolute atomic E-state index is 0.316. The highest BCUT2D eigenvalue weighted by Crippen LogP contribution is 2.31. The van der Waals surface area contributed by atoms with Gasteiger partial charge in [-0.05, 0) is 19.3 Å². The van der Waals surface area contributed by atoms with Crippen LogP contribution in [-0.4, -0.2) is 40.6 Å². The number of aromatic nitrogens is 4. The number of hydrogen-bond acceptors (Lipinski definition) is 5. The van der Waals surface area contributed by atoms with Crippen molar-refractivity contribution in [2.75, 3.05) is 6.61 Å². The number of aryl methyl sites for hydroxylation is 3. The van der Waals surface area contributed by atoms with Crippen LogP contribution in [0.15, 0.2) is 17.3 Å². The van der Waals surface area contributed by atoms with E-state index in [-0.39, 0.29) is 12.1 Å². The molecule has 2 aromatic heterocycles. The molecule has 0 aliphatic carbocycles. The topological polar surface area (TPSA) is 91.0 Å². The van der Waals surface area contributed by atoms with Gasteiger partial charge in [-0.15, -0.1) is 0 Å². The second kappa shape index (κ2) is 6.89. The summed E-state index contributed by atoms with van der Waals surface area (Å²) in [6.45, 7) is 4.37. The highest BCUT2D eigenvalue weighted by molar-refractivity contribution is 7.89. The molecule has 2 aromatic rings. The van der Waals surface area contributed by atoms with E-state index in [1.54, 1.807) is 22.6 Å². The van der Waals surface area contributed by atoms with E-state index >= 15 is 0 Å². The van der Waals surface area contributed by atoms with Gasteiger partial charge >= 0.3 is 0 Å². The normalized spacial score (nSPS) is 21.1. The summed E-state index contributed by atoms with van der Waals surface area (Å²) in [5.41, 5.74) is 2.20. The van der Waals surface area contributed by atoms with E-state index in [2.05, 4.69) is 14.9 Å². The van der Waals surface area contributed by atoms with Crippen molar-refractivity contribution in [3.63, 3.8) is 0 Å². The Bertz CT molecular complexity index is 855. The van der Waals surface area contributed by atoms with Crippen LogP contribution < -0.4 is 4.72 Å². The standard InChI is InChI=1S/C16H25N5O3S/c1-5-12-16(14(6-2)21(4)18-12)25(22,23)19-13-7-8-24-15(13)11-9-17-20(3)10-11/h9-10,13,15,19H,5-8H2,1-4H3/t13-,15+/m0/s1. The molecule has 9 heteroatoms. The highest BCUT2D eigenvalue weighted by Gasteiger charge is 2.36. The zero-order valence-electron chi connectivity index (χ0n) is 15.1. The van der Waals surface area contributed by atoms with E-state index in [0.29, 0.717) is 36.5 Å². The molecule has 0 aromatic carbocycles. The fourth-order valence-corrected chi connectivity index (χ4v) is 5.26. The van der Waals surface area contributed by atoms with Crippen molar-refractivity contribution in [3.05, 3.63) is 29.3 Å². The summed E-state index contributed by atoms with van der Waals surface area (Å²) in [6, 6.07) is -0.316. The van der Waals surface area contributed by atoms with Crippen LogP contribution in [0.3, 0.4) is 0 Å². The van der Waals surface area contributed by atoms with Crippen LogP contribution in [0.5, 0.6) is 0 Å². The molecular formula is C16H25N5O3S. The highest BCUT2D eigenvalue weighted by atomic mass is 32.2. The van der Waals surface area contributed by atoms with Crippen molar-refractivity contribution in [2.45, 2.75) is 50.2 Å². The predicted octanol–water partition coefficient (Wildman–Crippen LogP) is 1.09. The van der Waals surface area contributed by atoms with Gasteiger partial charge in [-0.1, -0.05) is 13.8 Å². The van der Waals surface area contributed by atoms with Gasteiger partial charge in [0.1, 0.15) is 11.0 Å². The van der Waals surface area contributed by atoms with E-state index in [0.717, 1.165) is 11.3 Å². The van der Waals surface area contributed by atoms with Gasteiger partial charge < -0.3 is 4.74 Å². The van der Waals surface area contributed by atoms with Gasteiger partial charge in [0.05, 0.1) is 23.6 Å². The quantitative estimate of drug-likeness (QED) is 0.825. The predicted molar refractivity (Wildman–Crippen MR) is 92.6 cm³/mol. The average Bonchev–Trinajstić information content (AvgIpc) is 3.25. The Labute approximate surface area is 148 Å². The van der Waals surface area contributed by atoms with E-state index in [9.17, 15) is 8.42 Å². The minimum Gasteiger partial charge on any atom is -0.372 e. The van der Waals surface area contributed by atoms with Gasteiger partial charge in [-0.2, -0.15) is 10.2 Å². The van der Waals surface area contributed by atoms with Gasteiger partial charge in [0.15, 0.2) is 0 Å². The lowest BCUT2D eigenvalue weighted by atomic mass is 10.1. The third-order valence-corrected chi connectivity index (χ3v) is 6.20. The molecule has 3 heterocycles. The Morgan fingerprint density at radius 1 is 1.32 bits per heavy atom. The van der Waals surface area contributed by atoms with Crippen molar-refractivity contribution < 1.29 is 13.2 Å². The van der Waals surface area contributed by atoms with Crippen LogP contribution in [0.4, 0.5) is 0 Å². The lowest BCUT2D eigenvalue weighted by Gasteiger charge is -2.19. The molecule has 2 atom stereocenters. The lowest BCUT2D eigenvalue weighted by molar-refractivity contribution is 0.102. The van der Waals surface area contributed by atoms with Gasteiger partial charge in [0.2, 0.25) is 10.0 Å². The maximum absolute atomic E-state index is 13.1. The van der Waals surface area contributed by atoms with E-state index in [1.807, 2.05) is 27.1 Å². The van der Waals surface area contributed by atoms with Crippen LogP contribution in [0, 0.1) is 0 Å². The fraction of sp³-hybridized carbons (Fsp3) is 0.625. The number of hydrogen-bond donors (Lipinski definition) is 1. The molecule has 1 saturated heterocycles. The summed E-state index contributed by atoms with van der Waals surface area (Å²) in [5.74, 6) is 0. The lowest BCUT2D eigenvalue weighted by Crippen LogP contribution is -2.37. The molecular weight excluding hydrogens is 342 g/mol. The van der Waals surface area contributed by atoms with Gasteiger partial charge in [-0.3, -0.25) is 9.36 Å². The van der Waals surface area contributed by atoms with Crippen LogP contribution in [0.25, 0.3) is 0 Å². The first-order valence-electron chi connectivity index (χ1n) is 8.54. The Kier molecular flexibility index (Phi) is 4.99. The van der Waals surface area contributed by atoms with Crippen molar-refractivity contribution in [1.29, 1.82) is 0 Å². The third kappa shape index (κ3) is 3.36. The van der Waals surface area contributed by atoms with Crippen molar-refractivity contribution >= 4 is 10.0 Å². The largest absolute Gasteiger partial charge is 0.372 e. The molecule has 3 rings (SSSR count). The number of sulfonamides is 1. The van der Waals surface area contributed by atoms with Crippen LogP contribution >= 0.6 is 0 Å². The number of nitrogens with one attached hydrogen (secondary N) is 1. The second-order valence-electron chi connectivity index (χ2n) is 6.31. The van der Waals surface area contributed by atoms with E-state index < -0.39 is 10.0 Å². The van der Waals surface area contributed by atoms with Gasteiger partial charge in [0.25, 0.3) is 0 Å². The summed E-state index contributed by atoms with van der Waals surface area (Å²) in [5, 5.41) is 8.53. The summed E-state index contributed by atoms with van der Waals surface area (Å²) in [6.07, 6.45) is 5.05. The Morgan fingerprint density at radius 3 is 2.68 bits per heavy atom. The van der Waals surface area contributed by atoms with Crippen molar-refractivity contribution in [3.8, 4) is 0 Å². The monoisotopic (exact) mass is 367 g/mol. The molecule has 138 valence electrons. The zero-order chi connectivity index (χ0) is 18.2. The first-order valence-corrected chi connectivity index (χ1v) is 10.0. The molecule has 8 nitrogen and oxygen atoms in total. The molecule has 0 radical (unpaired) electrons. The Balaban J connectivity index is 1.91. The van der Waals surface area contributed by atoms with Crippen molar-refractivity contribution in [1.82, 2.24) is 24.3 Å². The average molecular weight is 367 g/mol. The molecule has 1 aliphatic rings. The molecule has 1 fully saturated rings. The summed E-state index contributed by atoms with van der Waals surface area (Å²) in [4.78, 5) is 0.317. The second-order valence-corrected chi connectivity index (χ2v) is 7.96. The summed E-state index contributed by atoms with van der Waals surface area (Å²) < 4.78 is 38.2. The minimum atomic E-state index is -3.68. The summed E-state index contributed by atoms with van der Waals surface area (Å²) in [7, 11) is -0.0695. The van der Waals surface area contributed by atoms with Crippen molar-refractivity contribution in [2.24, 2.45) is 14.1 Å². The molecule has 1 aliphatic heterocycles. The van der Waals surface area contributed by atoms with Crippen LogP contribution in [0.2, 0.25) is 0 Å². The number of ether oxygens (including phenoxy) is 1. The smallest absolute Gasteiger partial charge is 0.244 e. The molecule has 25 heavy (non-hydrogen) atoms. The molecule has 0 spiro atoms. The molecule has 0 bridgehead atoms. The van der Waals surface area contributed by atoms with E-state index in [4.69, 9.17) is 4.74 Å². The fourth-order valence-electron chi connectivity index (χ4n) is 3.42. The first-order chi connectivity index (χ1) is 11.9. The Hall–Kier alpha value is -1.71. The summed E-state index contributed by atoms with van der Waals surface area (Å²) >= 11 is 0. The first kappa shape index (κ1) is 18.1. The van der Waals surface area contributed by atoms with Crippen LogP contribution in [0.1, 0.15) is 43.3 Å². The molecule has 1 N–H and O–H groups in total. The van der Waals surface area contributed by atoms with Crippen LogP contribution in [-0.2, 0) is 41.7 Å². The maximum Gasteiger partial charge on any atom is 0.244 e.